The maximum absolute atomic E-state index is 10.8. The zero-order chi connectivity index (χ0) is 19.1. The lowest BCUT2D eigenvalue weighted by Crippen LogP contribution is -2.23. The molecule has 2 aliphatic carbocycles. The second-order valence-corrected chi connectivity index (χ2v) is 8.30. The molecular weight excluding hydrogens is 338 g/mol. The number of hydrogen-bond donors (Lipinski definition) is 1. The van der Waals surface area contributed by atoms with Gasteiger partial charge in [-0.25, -0.2) is 0 Å². The Kier molecular flexibility index (Phi) is 7.45. The lowest BCUT2D eigenvalue weighted by atomic mass is 9.77. The predicted octanol–water partition coefficient (Wildman–Crippen LogP) is 5.83. The molecule has 0 aliphatic heterocycles. The van der Waals surface area contributed by atoms with Crippen molar-refractivity contribution in [2.24, 2.45) is 11.8 Å². The summed E-state index contributed by atoms with van der Waals surface area (Å²) in [5, 5.41) is 7.76. The third kappa shape index (κ3) is 5.41. The zero-order valence-electron chi connectivity index (χ0n) is 16.5. The molecule has 0 radical (unpaired) electrons. The van der Waals surface area contributed by atoms with Gasteiger partial charge in [0.1, 0.15) is 12.4 Å². The molecule has 2 aliphatic rings. The molecule has 2 saturated carbocycles. The quantitative estimate of drug-likeness (QED) is 0.271. The van der Waals surface area contributed by atoms with Crippen LogP contribution in [0, 0.1) is 17.2 Å². The van der Waals surface area contributed by atoms with Crippen molar-refractivity contribution in [1.82, 2.24) is 0 Å². The Morgan fingerprint density at radius 2 is 1.81 bits per heavy atom. The average Bonchev–Trinajstić information content (AvgIpc) is 2.73. The number of hydrogen-bond acceptors (Lipinski definition) is 4. The van der Waals surface area contributed by atoms with Crippen LogP contribution in [0.2, 0.25) is 0 Å². The summed E-state index contributed by atoms with van der Waals surface area (Å²) in [5.41, 5.74) is 2.10. The molecule has 4 nitrogen and oxygen atoms in total. The molecule has 0 atom stereocenters. The van der Waals surface area contributed by atoms with Crippen LogP contribution >= 0.6 is 0 Å². The smallest absolute Gasteiger partial charge is 0.174 e. The van der Waals surface area contributed by atoms with Crippen molar-refractivity contribution >= 4 is 12.5 Å². The fourth-order valence-electron chi connectivity index (χ4n) is 4.64. The van der Waals surface area contributed by atoms with Crippen LogP contribution in [0.5, 0.6) is 5.75 Å². The number of aldehydes is 1. The molecule has 1 aromatic carbocycles. The van der Waals surface area contributed by atoms with Gasteiger partial charge < -0.3 is 15.1 Å². The third-order valence-corrected chi connectivity index (χ3v) is 6.39. The summed E-state index contributed by atoms with van der Waals surface area (Å²) in [4.78, 5) is 22.0. The molecule has 0 bridgehead atoms. The van der Waals surface area contributed by atoms with Gasteiger partial charge in [-0.1, -0.05) is 25.8 Å². The highest BCUT2D eigenvalue weighted by Crippen LogP contribution is 2.38. The minimum absolute atomic E-state index is 0.0355. The maximum atomic E-state index is 10.8. The molecule has 27 heavy (non-hydrogen) atoms. The SMILES string of the molecule is CCCC1CCC(c2ccc(OOC3CCC(C=O)CC3)c(C=N)c2)CC1. The van der Waals surface area contributed by atoms with E-state index in [4.69, 9.17) is 15.2 Å². The topological polar surface area (TPSA) is 59.4 Å². The minimum Gasteiger partial charge on any atom is -0.337 e. The van der Waals surface area contributed by atoms with Crippen molar-refractivity contribution < 1.29 is 14.6 Å². The van der Waals surface area contributed by atoms with Gasteiger partial charge in [-0.05, 0) is 80.9 Å². The summed E-state index contributed by atoms with van der Waals surface area (Å²) >= 11 is 0. The first-order valence-electron chi connectivity index (χ1n) is 10.7. The maximum Gasteiger partial charge on any atom is 0.174 e. The van der Waals surface area contributed by atoms with Gasteiger partial charge in [0.15, 0.2) is 5.75 Å². The predicted molar refractivity (Wildman–Crippen MR) is 107 cm³/mol. The number of carbonyl (C=O) groups excluding carboxylic acids is 1. The molecular formula is C23H33NO3. The number of benzene rings is 1. The average molecular weight is 372 g/mol. The van der Waals surface area contributed by atoms with E-state index >= 15 is 0 Å². The van der Waals surface area contributed by atoms with Gasteiger partial charge in [-0.2, -0.15) is 4.89 Å². The van der Waals surface area contributed by atoms with E-state index in [1.54, 1.807) is 0 Å². The summed E-state index contributed by atoms with van der Waals surface area (Å²) in [6.45, 7) is 2.27. The summed E-state index contributed by atoms with van der Waals surface area (Å²) in [6, 6.07) is 6.19. The molecule has 0 amide bonds. The summed E-state index contributed by atoms with van der Waals surface area (Å²) in [6.07, 6.45) is 13.7. The van der Waals surface area contributed by atoms with Gasteiger partial charge in [0.05, 0.1) is 0 Å². The third-order valence-electron chi connectivity index (χ3n) is 6.39. The van der Waals surface area contributed by atoms with Gasteiger partial charge in [-0.15, -0.1) is 0 Å². The lowest BCUT2D eigenvalue weighted by molar-refractivity contribution is -0.252. The highest BCUT2D eigenvalue weighted by molar-refractivity contribution is 5.81. The second kappa shape index (κ2) is 10.0. The molecule has 0 aromatic heterocycles. The standard InChI is InChI=1S/C23H33NO3/c1-2-3-17-4-8-19(9-5-17)20-10-13-23(21(14-20)15-24)27-26-22-11-6-18(16-25)7-12-22/h10,13-19,22,24H,2-9,11-12H2,1H3. The van der Waals surface area contributed by atoms with Crippen molar-refractivity contribution in [3.8, 4) is 5.75 Å². The Bertz CT molecular complexity index is 614. The molecule has 148 valence electrons. The summed E-state index contributed by atoms with van der Waals surface area (Å²) in [5.74, 6) is 2.30. The van der Waals surface area contributed by atoms with Gasteiger partial charge in [0, 0.05) is 17.7 Å². The second-order valence-electron chi connectivity index (χ2n) is 8.30. The van der Waals surface area contributed by atoms with E-state index in [9.17, 15) is 4.79 Å². The number of rotatable bonds is 8. The van der Waals surface area contributed by atoms with Crippen LogP contribution in [0.4, 0.5) is 0 Å². The number of carbonyl (C=O) groups is 1. The summed E-state index contributed by atoms with van der Waals surface area (Å²) < 4.78 is 0. The van der Waals surface area contributed by atoms with Crippen molar-refractivity contribution in [3.05, 3.63) is 29.3 Å². The normalized spacial score (nSPS) is 28.5. The van der Waals surface area contributed by atoms with Crippen molar-refractivity contribution in [2.45, 2.75) is 83.2 Å². The fourth-order valence-corrected chi connectivity index (χ4v) is 4.64. The van der Waals surface area contributed by atoms with Gasteiger partial charge in [-0.3, -0.25) is 0 Å². The zero-order valence-corrected chi connectivity index (χ0v) is 16.5. The van der Waals surface area contributed by atoms with E-state index < -0.39 is 0 Å². The molecule has 1 N–H and O–H groups in total. The van der Waals surface area contributed by atoms with Gasteiger partial charge >= 0.3 is 0 Å². The Labute approximate surface area is 163 Å². The highest BCUT2D eigenvalue weighted by Gasteiger charge is 2.24. The van der Waals surface area contributed by atoms with Crippen LogP contribution in [0.1, 0.15) is 88.2 Å². The highest BCUT2D eigenvalue weighted by atomic mass is 17.2. The number of nitrogens with one attached hydrogen (secondary N) is 1. The van der Waals surface area contributed by atoms with Crippen LogP contribution in [0.25, 0.3) is 0 Å². The Morgan fingerprint density at radius 1 is 1.07 bits per heavy atom. The van der Waals surface area contributed by atoms with Crippen LogP contribution in [-0.4, -0.2) is 18.6 Å². The lowest BCUT2D eigenvalue weighted by Gasteiger charge is -2.29. The molecule has 4 heteroatoms. The largest absolute Gasteiger partial charge is 0.337 e. The molecule has 1 aromatic rings. The molecule has 0 unspecified atom stereocenters. The molecule has 0 spiro atoms. The van der Waals surface area contributed by atoms with Crippen molar-refractivity contribution in [2.75, 3.05) is 0 Å². The van der Waals surface area contributed by atoms with E-state index in [1.807, 2.05) is 6.07 Å². The molecule has 3 rings (SSSR count). The molecule has 0 heterocycles. The van der Waals surface area contributed by atoms with Gasteiger partial charge in [0.25, 0.3) is 0 Å². The Balaban J connectivity index is 1.55. The van der Waals surface area contributed by atoms with E-state index in [1.165, 1.54) is 50.3 Å². The van der Waals surface area contributed by atoms with Gasteiger partial charge in [0.2, 0.25) is 0 Å². The van der Waals surface area contributed by atoms with E-state index in [2.05, 4.69) is 19.1 Å². The van der Waals surface area contributed by atoms with E-state index in [0.717, 1.165) is 43.5 Å². The van der Waals surface area contributed by atoms with E-state index in [-0.39, 0.29) is 12.0 Å². The minimum atomic E-state index is 0.0355. The van der Waals surface area contributed by atoms with Crippen LogP contribution in [0.15, 0.2) is 18.2 Å². The Morgan fingerprint density at radius 3 is 2.44 bits per heavy atom. The Hall–Kier alpha value is -1.68. The molecule has 2 fully saturated rings. The van der Waals surface area contributed by atoms with Crippen molar-refractivity contribution in [1.29, 1.82) is 5.41 Å². The van der Waals surface area contributed by atoms with Crippen molar-refractivity contribution in [3.63, 3.8) is 0 Å². The first-order chi connectivity index (χ1) is 13.2. The fraction of sp³-hybridized carbons (Fsp3) is 0.652. The van der Waals surface area contributed by atoms with Crippen LogP contribution in [0.3, 0.4) is 0 Å². The summed E-state index contributed by atoms with van der Waals surface area (Å²) in [7, 11) is 0. The van der Waals surface area contributed by atoms with E-state index in [0.29, 0.717) is 11.7 Å². The van der Waals surface area contributed by atoms with Crippen LogP contribution < -0.4 is 4.89 Å². The first kappa shape index (κ1) is 20.1. The van der Waals surface area contributed by atoms with Crippen LogP contribution in [-0.2, 0) is 9.68 Å². The first-order valence-corrected chi connectivity index (χ1v) is 10.7. The molecule has 0 saturated heterocycles. The monoisotopic (exact) mass is 371 g/mol.